The monoisotopic (exact) mass is 282 g/mol. The molecule has 0 saturated carbocycles. The summed E-state index contributed by atoms with van der Waals surface area (Å²) < 4.78 is 0. The van der Waals surface area contributed by atoms with E-state index in [1.807, 2.05) is 6.07 Å². The number of carbonyl (C=O) groups is 2. The Labute approximate surface area is 116 Å². The highest BCUT2D eigenvalue weighted by atomic mass is 32.1. The quantitative estimate of drug-likeness (QED) is 0.876. The molecule has 1 aromatic rings. The van der Waals surface area contributed by atoms with Gasteiger partial charge in [0.15, 0.2) is 0 Å². The standard InChI is InChI=1S/C13H18N2O3S/c1-14-12(16)9-4-6-15(7-5-9)8-10-2-3-11(19-10)13(17)18/h2-3,9H,4-8H2,1H3,(H,14,16)(H,17,18). The number of likely N-dealkylation sites (tertiary alicyclic amines) is 1. The van der Waals surface area contributed by atoms with Gasteiger partial charge in [0.05, 0.1) is 0 Å². The number of thiophene rings is 1. The van der Waals surface area contributed by atoms with Gasteiger partial charge in [-0.3, -0.25) is 9.69 Å². The highest BCUT2D eigenvalue weighted by Crippen LogP contribution is 2.22. The summed E-state index contributed by atoms with van der Waals surface area (Å²) in [6.07, 6.45) is 1.74. The second-order valence-electron chi connectivity index (χ2n) is 4.74. The first-order valence-corrected chi connectivity index (χ1v) is 7.17. The summed E-state index contributed by atoms with van der Waals surface area (Å²) in [6.45, 7) is 2.55. The number of nitrogens with one attached hydrogen (secondary N) is 1. The number of rotatable bonds is 4. The molecule has 0 spiro atoms. The van der Waals surface area contributed by atoms with Crippen LogP contribution in [-0.2, 0) is 11.3 Å². The molecule has 5 nitrogen and oxygen atoms in total. The Balaban J connectivity index is 1.85. The minimum absolute atomic E-state index is 0.124. The number of carboxylic acid groups (broad SMARTS) is 1. The number of nitrogens with zero attached hydrogens (tertiary/aromatic N) is 1. The smallest absolute Gasteiger partial charge is 0.345 e. The van der Waals surface area contributed by atoms with Gasteiger partial charge in [-0.2, -0.15) is 0 Å². The number of carbonyl (C=O) groups excluding carboxylic acids is 1. The van der Waals surface area contributed by atoms with E-state index in [1.165, 1.54) is 11.3 Å². The van der Waals surface area contributed by atoms with Crippen molar-refractivity contribution >= 4 is 23.2 Å². The maximum atomic E-state index is 11.5. The number of hydrogen-bond acceptors (Lipinski definition) is 4. The zero-order chi connectivity index (χ0) is 13.8. The van der Waals surface area contributed by atoms with E-state index in [0.717, 1.165) is 37.4 Å². The first-order chi connectivity index (χ1) is 9.10. The van der Waals surface area contributed by atoms with Crippen molar-refractivity contribution in [2.45, 2.75) is 19.4 Å². The molecule has 0 atom stereocenters. The molecule has 2 rings (SSSR count). The van der Waals surface area contributed by atoms with Gasteiger partial charge in [0.2, 0.25) is 5.91 Å². The molecule has 2 N–H and O–H groups in total. The van der Waals surface area contributed by atoms with Crippen LogP contribution in [0, 0.1) is 5.92 Å². The molecule has 6 heteroatoms. The van der Waals surface area contributed by atoms with Gasteiger partial charge in [-0.1, -0.05) is 0 Å². The van der Waals surface area contributed by atoms with Crippen molar-refractivity contribution < 1.29 is 14.7 Å². The summed E-state index contributed by atoms with van der Waals surface area (Å²) >= 11 is 1.33. The van der Waals surface area contributed by atoms with Crippen molar-refractivity contribution in [2.75, 3.05) is 20.1 Å². The Kier molecular flexibility index (Phi) is 4.55. The van der Waals surface area contributed by atoms with Crippen LogP contribution in [0.1, 0.15) is 27.4 Å². The van der Waals surface area contributed by atoms with Crippen LogP contribution in [0.2, 0.25) is 0 Å². The van der Waals surface area contributed by atoms with E-state index < -0.39 is 5.97 Å². The normalized spacial score (nSPS) is 17.3. The average molecular weight is 282 g/mol. The van der Waals surface area contributed by atoms with Gasteiger partial charge in [0.25, 0.3) is 0 Å². The number of carboxylic acids is 1. The second-order valence-corrected chi connectivity index (χ2v) is 5.90. The van der Waals surface area contributed by atoms with E-state index in [0.29, 0.717) is 4.88 Å². The third-order valence-electron chi connectivity index (χ3n) is 3.46. The average Bonchev–Trinajstić information content (AvgIpc) is 2.87. The fourth-order valence-corrected chi connectivity index (χ4v) is 3.24. The summed E-state index contributed by atoms with van der Waals surface area (Å²) in [5, 5.41) is 11.6. The van der Waals surface area contributed by atoms with Crippen LogP contribution in [0.25, 0.3) is 0 Å². The molecule has 1 aliphatic rings. The number of aromatic carboxylic acids is 1. The first-order valence-electron chi connectivity index (χ1n) is 6.36. The Morgan fingerprint density at radius 1 is 1.42 bits per heavy atom. The summed E-state index contributed by atoms with van der Waals surface area (Å²) in [4.78, 5) is 26.1. The summed E-state index contributed by atoms with van der Waals surface area (Å²) in [7, 11) is 1.67. The number of amides is 1. The van der Waals surface area contributed by atoms with E-state index in [1.54, 1.807) is 13.1 Å². The Bertz CT molecular complexity index is 464. The lowest BCUT2D eigenvalue weighted by molar-refractivity contribution is -0.125. The van der Waals surface area contributed by atoms with E-state index in [-0.39, 0.29) is 11.8 Å². The van der Waals surface area contributed by atoms with Gasteiger partial charge in [0.1, 0.15) is 4.88 Å². The van der Waals surface area contributed by atoms with Gasteiger partial charge in [-0.25, -0.2) is 4.79 Å². The lowest BCUT2D eigenvalue weighted by atomic mass is 9.96. The molecular weight excluding hydrogens is 264 g/mol. The molecule has 0 radical (unpaired) electrons. The largest absolute Gasteiger partial charge is 0.477 e. The lowest BCUT2D eigenvalue weighted by Gasteiger charge is -2.30. The van der Waals surface area contributed by atoms with Crippen molar-refractivity contribution in [3.8, 4) is 0 Å². The molecule has 1 amide bonds. The third kappa shape index (κ3) is 3.54. The molecule has 0 aliphatic carbocycles. The molecular formula is C13H18N2O3S. The van der Waals surface area contributed by atoms with Crippen LogP contribution < -0.4 is 5.32 Å². The van der Waals surface area contributed by atoms with Crippen LogP contribution >= 0.6 is 11.3 Å². The van der Waals surface area contributed by atoms with Crippen LogP contribution in [-0.4, -0.2) is 42.0 Å². The number of hydrogen-bond donors (Lipinski definition) is 2. The van der Waals surface area contributed by atoms with Crippen LogP contribution in [0.4, 0.5) is 0 Å². The van der Waals surface area contributed by atoms with Crippen molar-refractivity contribution in [1.82, 2.24) is 10.2 Å². The fraction of sp³-hybridized carbons (Fsp3) is 0.538. The zero-order valence-electron chi connectivity index (χ0n) is 10.9. The third-order valence-corrected chi connectivity index (χ3v) is 4.51. The van der Waals surface area contributed by atoms with Crippen molar-refractivity contribution in [3.63, 3.8) is 0 Å². The molecule has 0 bridgehead atoms. The molecule has 0 aromatic carbocycles. The van der Waals surface area contributed by atoms with E-state index >= 15 is 0 Å². The highest BCUT2D eigenvalue weighted by Gasteiger charge is 2.24. The first kappa shape index (κ1) is 14.0. The van der Waals surface area contributed by atoms with Crippen LogP contribution in [0.5, 0.6) is 0 Å². The van der Waals surface area contributed by atoms with Gasteiger partial charge in [-0.05, 0) is 38.1 Å². The van der Waals surface area contributed by atoms with Crippen LogP contribution in [0.3, 0.4) is 0 Å². The van der Waals surface area contributed by atoms with Gasteiger partial charge in [-0.15, -0.1) is 11.3 Å². The van der Waals surface area contributed by atoms with Gasteiger partial charge < -0.3 is 10.4 Å². The minimum atomic E-state index is -0.866. The molecule has 1 aromatic heterocycles. The molecule has 104 valence electrons. The molecule has 2 heterocycles. The highest BCUT2D eigenvalue weighted by molar-refractivity contribution is 7.13. The SMILES string of the molecule is CNC(=O)C1CCN(Cc2ccc(C(=O)O)s2)CC1. The summed E-state index contributed by atoms with van der Waals surface area (Å²) in [5.41, 5.74) is 0. The predicted octanol–water partition coefficient (Wildman–Crippen LogP) is 1.40. The van der Waals surface area contributed by atoms with Crippen LogP contribution in [0.15, 0.2) is 12.1 Å². The summed E-state index contributed by atoms with van der Waals surface area (Å²) in [5.74, 6) is -0.613. The Morgan fingerprint density at radius 3 is 2.63 bits per heavy atom. The lowest BCUT2D eigenvalue weighted by Crippen LogP contribution is -2.39. The molecule has 0 unspecified atom stereocenters. The van der Waals surface area contributed by atoms with E-state index in [2.05, 4.69) is 10.2 Å². The van der Waals surface area contributed by atoms with E-state index in [9.17, 15) is 9.59 Å². The van der Waals surface area contributed by atoms with E-state index in [4.69, 9.17) is 5.11 Å². The maximum Gasteiger partial charge on any atom is 0.345 e. The Morgan fingerprint density at radius 2 is 2.11 bits per heavy atom. The van der Waals surface area contributed by atoms with Crippen molar-refractivity contribution in [3.05, 3.63) is 21.9 Å². The second kappa shape index (κ2) is 6.16. The minimum Gasteiger partial charge on any atom is -0.477 e. The molecule has 1 fully saturated rings. The fourth-order valence-electron chi connectivity index (χ4n) is 2.36. The Hall–Kier alpha value is -1.40. The maximum absolute atomic E-state index is 11.5. The zero-order valence-corrected chi connectivity index (χ0v) is 11.7. The molecule has 1 aliphatic heterocycles. The van der Waals surface area contributed by atoms with Crippen molar-refractivity contribution in [1.29, 1.82) is 0 Å². The summed E-state index contributed by atoms with van der Waals surface area (Å²) in [6, 6.07) is 3.53. The van der Waals surface area contributed by atoms with Crippen molar-refractivity contribution in [2.24, 2.45) is 5.92 Å². The predicted molar refractivity (Wildman–Crippen MR) is 73.3 cm³/mol. The topological polar surface area (TPSA) is 69.6 Å². The van der Waals surface area contributed by atoms with Gasteiger partial charge in [0, 0.05) is 24.4 Å². The number of piperidine rings is 1. The molecule has 1 saturated heterocycles. The molecule has 19 heavy (non-hydrogen) atoms. The van der Waals surface area contributed by atoms with Gasteiger partial charge >= 0.3 is 5.97 Å².